The molecule has 0 radical (unpaired) electrons. The number of hydrogen-bond donors (Lipinski definition) is 1. The zero-order valence-corrected chi connectivity index (χ0v) is 12.3. The number of hydrogen-bond acceptors (Lipinski definition) is 6. The molecule has 102 valence electrons. The molecule has 0 saturated heterocycles. The smallest absolute Gasteiger partial charge is 0.262 e. The molecule has 0 bridgehead atoms. The molecule has 0 spiro atoms. The number of aromatic nitrogens is 3. The maximum atomic E-state index is 5.34. The topological polar surface area (TPSA) is 63.8 Å². The molecule has 0 amide bonds. The van der Waals surface area contributed by atoms with E-state index in [2.05, 4.69) is 27.2 Å². The molecule has 6 heteroatoms. The number of anilines is 1. The van der Waals surface area contributed by atoms with Gasteiger partial charge in [-0.2, -0.15) is 0 Å². The summed E-state index contributed by atoms with van der Waals surface area (Å²) in [6.07, 6.45) is 3.54. The van der Waals surface area contributed by atoms with Crippen LogP contribution in [0.4, 0.5) is 5.82 Å². The largest absolute Gasteiger partial charge is 0.439 e. The third-order valence-electron chi connectivity index (χ3n) is 2.37. The Kier molecular flexibility index (Phi) is 4.79. The molecular formula is C13H18N4OS. The fourth-order valence-electron chi connectivity index (χ4n) is 1.60. The lowest BCUT2D eigenvalue weighted by atomic mass is 10.3. The minimum absolute atomic E-state index is 0.612. The molecule has 0 saturated carbocycles. The molecule has 0 fully saturated rings. The van der Waals surface area contributed by atoms with Crippen LogP contribution in [0.5, 0.6) is 0 Å². The fraction of sp³-hybridized carbons (Fsp3) is 0.462. The summed E-state index contributed by atoms with van der Waals surface area (Å²) in [6, 6.07) is 1.92. The van der Waals surface area contributed by atoms with Crippen molar-refractivity contribution in [1.29, 1.82) is 0 Å². The third-order valence-corrected chi connectivity index (χ3v) is 3.15. The first-order valence-electron chi connectivity index (χ1n) is 6.43. The lowest BCUT2D eigenvalue weighted by molar-refractivity contribution is 0.453. The van der Waals surface area contributed by atoms with Crippen LogP contribution in [-0.4, -0.2) is 21.5 Å². The lowest BCUT2D eigenvalue weighted by Gasteiger charge is -2.07. The van der Waals surface area contributed by atoms with Gasteiger partial charge in [-0.15, -0.1) is 0 Å². The highest BCUT2D eigenvalue weighted by atomic mass is 32.2. The van der Waals surface area contributed by atoms with Crippen molar-refractivity contribution in [2.24, 2.45) is 0 Å². The van der Waals surface area contributed by atoms with E-state index < -0.39 is 0 Å². The fourth-order valence-corrected chi connectivity index (χ4v) is 2.39. The summed E-state index contributed by atoms with van der Waals surface area (Å²) in [7, 11) is 0. The van der Waals surface area contributed by atoms with Gasteiger partial charge >= 0.3 is 0 Å². The molecule has 2 aromatic rings. The Labute approximate surface area is 117 Å². The van der Waals surface area contributed by atoms with Crippen molar-refractivity contribution in [3.05, 3.63) is 23.8 Å². The predicted molar refractivity (Wildman–Crippen MR) is 75.6 cm³/mol. The van der Waals surface area contributed by atoms with Crippen molar-refractivity contribution in [2.45, 2.75) is 43.9 Å². The highest BCUT2D eigenvalue weighted by Gasteiger charge is 2.09. The van der Waals surface area contributed by atoms with Crippen LogP contribution in [0.25, 0.3) is 0 Å². The van der Waals surface area contributed by atoms with Gasteiger partial charge in [0.25, 0.3) is 5.22 Å². The van der Waals surface area contributed by atoms with Gasteiger partial charge in [0.05, 0.1) is 5.69 Å². The molecule has 2 rings (SSSR count). The molecule has 2 heterocycles. The minimum atomic E-state index is 0.612. The summed E-state index contributed by atoms with van der Waals surface area (Å²) in [6.45, 7) is 6.91. The Bertz CT molecular complexity index is 517. The highest BCUT2D eigenvalue weighted by Crippen LogP contribution is 2.26. The Morgan fingerprint density at radius 3 is 2.74 bits per heavy atom. The molecule has 0 atom stereocenters. The van der Waals surface area contributed by atoms with E-state index in [9.17, 15) is 0 Å². The monoisotopic (exact) mass is 278 g/mol. The van der Waals surface area contributed by atoms with E-state index in [0.717, 1.165) is 41.7 Å². The minimum Gasteiger partial charge on any atom is -0.439 e. The second-order valence-electron chi connectivity index (χ2n) is 4.14. The van der Waals surface area contributed by atoms with Crippen LogP contribution < -0.4 is 5.32 Å². The van der Waals surface area contributed by atoms with Crippen LogP contribution in [0, 0.1) is 6.92 Å². The summed E-state index contributed by atoms with van der Waals surface area (Å²) >= 11 is 1.42. The second-order valence-corrected chi connectivity index (χ2v) is 5.12. The first-order valence-corrected chi connectivity index (χ1v) is 7.24. The van der Waals surface area contributed by atoms with E-state index in [4.69, 9.17) is 4.42 Å². The van der Waals surface area contributed by atoms with Crippen LogP contribution in [-0.2, 0) is 6.42 Å². The van der Waals surface area contributed by atoms with E-state index >= 15 is 0 Å². The number of aryl methyl sites for hydroxylation is 2. The molecule has 0 aliphatic heterocycles. The first kappa shape index (κ1) is 13.9. The summed E-state index contributed by atoms with van der Waals surface area (Å²) in [4.78, 5) is 13.3. The molecule has 1 N–H and O–H groups in total. The van der Waals surface area contributed by atoms with Crippen molar-refractivity contribution in [3.63, 3.8) is 0 Å². The van der Waals surface area contributed by atoms with Crippen LogP contribution in [0.15, 0.2) is 27.0 Å². The van der Waals surface area contributed by atoms with Gasteiger partial charge in [-0.3, -0.25) is 0 Å². The lowest BCUT2D eigenvalue weighted by Crippen LogP contribution is -2.04. The molecule has 0 unspecified atom stereocenters. The molecule has 2 aromatic heterocycles. The molecule has 19 heavy (non-hydrogen) atoms. The molecule has 0 aliphatic rings. The van der Waals surface area contributed by atoms with E-state index in [1.165, 1.54) is 11.8 Å². The van der Waals surface area contributed by atoms with Crippen LogP contribution in [0.1, 0.15) is 31.8 Å². The standard InChI is InChI=1S/C13H18N4OS/c1-4-6-10-16-11(14-5-2)7-12(17-10)19-13-15-9(3)8-18-13/h7-8H,4-6H2,1-3H3,(H,14,16,17). The highest BCUT2D eigenvalue weighted by molar-refractivity contribution is 7.99. The van der Waals surface area contributed by atoms with Crippen LogP contribution >= 0.6 is 11.8 Å². The summed E-state index contributed by atoms with van der Waals surface area (Å²) < 4.78 is 5.34. The van der Waals surface area contributed by atoms with Gasteiger partial charge in [0.15, 0.2) is 0 Å². The summed E-state index contributed by atoms with van der Waals surface area (Å²) in [5.74, 6) is 1.71. The normalized spacial score (nSPS) is 10.7. The molecule has 5 nitrogen and oxygen atoms in total. The van der Waals surface area contributed by atoms with E-state index in [1.807, 2.05) is 19.9 Å². The molecule has 0 aromatic carbocycles. The zero-order valence-electron chi connectivity index (χ0n) is 11.4. The third kappa shape index (κ3) is 3.96. The van der Waals surface area contributed by atoms with Crippen molar-refractivity contribution in [1.82, 2.24) is 15.0 Å². The summed E-state index contributed by atoms with van der Waals surface area (Å²) in [5, 5.41) is 4.69. The van der Waals surface area contributed by atoms with Gasteiger partial charge in [-0.25, -0.2) is 15.0 Å². The van der Waals surface area contributed by atoms with Crippen molar-refractivity contribution >= 4 is 17.6 Å². The zero-order chi connectivity index (χ0) is 13.7. The Morgan fingerprint density at radius 2 is 2.11 bits per heavy atom. The maximum Gasteiger partial charge on any atom is 0.262 e. The Hall–Kier alpha value is -1.56. The molecule has 0 aliphatic carbocycles. The van der Waals surface area contributed by atoms with Gasteiger partial charge in [0, 0.05) is 19.0 Å². The van der Waals surface area contributed by atoms with E-state index in [1.54, 1.807) is 6.26 Å². The Morgan fingerprint density at radius 1 is 1.26 bits per heavy atom. The van der Waals surface area contributed by atoms with Gasteiger partial charge < -0.3 is 9.73 Å². The van der Waals surface area contributed by atoms with Gasteiger partial charge in [-0.1, -0.05) is 6.92 Å². The number of nitrogens with zero attached hydrogens (tertiary/aromatic N) is 3. The van der Waals surface area contributed by atoms with Gasteiger partial charge in [0.1, 0.15) is 22.9 Å². The van der Waals surface area contributed by atoms with Gasteiger partial charge in [0.2, 0.25) is 0 Å². The first-order chi connectivity index (χ1) is 9.21. The average Bonchev–Trinajstić information content (AvgIpc) is 2.75. The van der Waals surface area contributed by atoms with Crippen LogP contribution in [0.2, 0.25) is 0 Å². The number of oxazole rings is 1. The SMILES string of the molecule is CCCc1nc(NCC)cc(Sc2nc(C)co2)n1. The Balaban J connectivity index is 2.22. The maximum absolute atomic E-state index is 5.34. The van der Waals surface area contributed by atoms with Crippen molar-refractivity contribution in [2.75, 3.05) is 11.9 Å². The van der Waals surface area contributed by atoms with Gasteiger partial charge in [-0.05, 0) is 32.0 Å². The summed E-state index contributed by atoms with van der Waals surface area (Å²) in [5.41, 5.74) is 0.872. The molecular weight excluding hydrogens is 260 g/mol. The van der Waals surface area contributed by atoms with E-state index in [0.29, 0.717) is 5.22 Å². The number of nitrogens with one attached hydrogen (secondary N) is 1. The quantitative estimate of drug-likeness (QED) is 0.818. The van der Waals surface area contributed by atoms with Crippen molar-refractivity contribution in [3.8, 4) is 0 Å². The predicted octanol–water partition coefficient (Wildman–Crippen LogP) is 3.31. The van der Waals surface area contributed by atoms with Crippen molar-refractivity contribution < 1.29 is 4.42 Å². The number of rotatable bonds is 6. The van der Waals surface area contributed by atoms with Crippen LogP contribution in [0.3, 0.4) is 0 Å². The van der Waals surface area contributed by atoms with E-state index in [-0.39, 0.29) is 0 Å². The second kappa shape index (κ2) is 6.56. The average molecular weight is 278 g/mol.